The molecular formula is C31H30N2O6S. The van der Waals surface area contributed by atoms with Crippen LogP contribution in [0.2, 0.25) is 0 Å². The van der Waals surface area contributed by atoms with E-state index in [-0.39, 0.29) is 29.6 Å². The summed E-state index contributed by atoms with van der Waals surface area (Å²) in [5.41, 5.74) is 4.26. The Morgan fingerprint density at radius 3 is 2.58 bits per heavy atom. The molecule has 0 amide bonds. The molecule has 5 rings (SSSR count). The molecule has 2 atom stereocenters. The standard InChI is InChI=1S/C31H30N2O6S/c1-36-26-16-18-38-28(20-26)25-10-5-7-22(19-25)21-37-17-6-11-29-33-30(23-8-3-2-4-9-23)31(39-29)24-12-14-27(15-13-24)40(32,34)35/h2-5,7-10,12-15,19,26,28H,16-18,20-21H2,1H3,(H2,32,34,35). The first-order valence-corrected chi connectivity index (χ1v) is 14.4. The Hall–Kier alpha value is -3.78. The first-order valence-electron chi connectivity index (χ1n) is 12.9. The molecule has 2 N–H and O–H groups in total. The molecule has 1 fully saturated rings. The highest BCUT2D eigenvalue weighted by Gasteiger charge is 2.24. The summed E-state index contributed by atoms with van der Waals surface area (Å²) in [6, 6.07) is 23.9. The van der Waals surface area contributed by atoms with Gasteiger partial charge in [-0.15, -0.1) is 0 Å². The maximum atomic E-state index is 11.6. The van der Waals surface area contributed by atoms with E-state index in [9.17, 15) is 8.42 Å². The minimum atomic E-state index is -3.80. The molecule has 2 heterocycles. The third-order valence-electron chi connectivity index (χ3n) is 6.65. The molecule has 0 spiro atoms. The molecule has 1 saturated heterocycles. The van der Waals surface area contributed by atoms with Gasteiger partial charge < -0.3 is 18.6 Å². The van der Waals surface area contributed by atoms with Crippen molar-refractivity contribution < 1.29 is 27.0 Å². The average molecular weight is 559 g/mol. The largest absolute Gasteiger partial charge is 0.429 e. The molecule has 0 radical (unpaired) electrons. The first-order chi connectivity index (χ1) is 19.4. The van der Waals surface area contributed by atoms with Crippen LogP contribution in [0.25, 0.3) is 22.6 Å². The monoisotopic (exact) mass is 558 g/mol. The minimum Gasteiger partial charge on any atom is -0.429 e. The van der Waals surface area contributed by atoms with Crippen LogP contribution in [0.15, 0.2) is 88.2 Å². The van der Waals surface area contributed by atoms with Crippen LogP contribution in [0, 0.1) is 11.8 Å². The molecule has 0 aliphatic carbocycles. The van der Waals surface area contributed by atoms with Crippen LogP contribution < -0.4 is 5.14 Å². The van der Waals surface area contributed by atoms with Crippen molar-refractivity contribution in [2.45, 2.75) is 36.6 Å². The molecule has 1 aliphatic rings. The van der Waals surface area contributed by atoms with Gasteiger partial charge in [-0.3, -0.25) is 0 Å². The Labute approximate surface area is 234 Å². The molecule has 0 bridgehead atoms. The van der Waals surface area contributed by atoms with Crippen LogP contribution in [0.1, 0.15) is 36.0 Å². The third kappa shape index (κ3) is 6.86. The number of hydrogen-bond donors (Lipinski definition) is 1. The Balaban J connectivity index is 1.27. The van der Waals surface area contributed by atoms with Crippen LogP contribution in [0.4, 0.5) is 0 Å². The summed E-state index contributed by atoms with van der Waals surface area (Å²) in [6.07, 6.45) is 1.99. The number of methoxy groups -OCH3 is 1. The van der Waals surface area contributed by atoms with Gasteiger partial charge >= 0.3 is 0 Å². The lowest BCUT2D eigenvalue weighted by atomic mass is 9.98. The molecule has 3 aromatic carbocycles. The molecule has 206 valence electrons. The first kappa shape index (κ1) is 27.8. The number of primary sulfonamides is 1. The van der Waals surface area contributed by atoms with Gasteiger partial charge in [-0.25, -0.2) is 18.5 Å². The minimum absolute atomic E-state index is 0.0187. The maximum absolute atomic E-state index is 11.6. The zero-order chi connectivity index (χ0) is 28.0. The summed E-state index contributed by atoms with van der Waals surface area (Å²) in [5, 5.41) is 5.24. The Kier molecular flexibility index (Phi) is 8.75. The molecule has 2 unspecified atom stereocenters. The van der Waals surface area contributed by atoms with Gasteiger partial charge in [0.1, 0.15) is 12.3 Å². The van der Waals surface area contributed by atoms with Gasteiger partial charge in [0.25, 0.3) is 5.89 Å². The second kappa shape index (κ2) is 12.6. The van der Waals surface area contributed by atoms with E-state index in [4.69, 9.17) is 23.8 Å². The maximum Gasteiger partial charge on any atom is 0.274 e. The van der Waals surface area contributed by atoms with Crippen LogP contribution >= 0.6 is 0 Å². The SMILES string of the molecule is COC1CCOC(c2cccc(COCC#Cc3nc(-c4ccccc4)c(-c4ccc(S(N)(=O)=O)cc4)o3)c2)C1. The lowest BCUT2D eigenvalue weighted by Gasteiger charge is -2.29. The summed E-state index contributed by atoms with van der Waals surface area (Å²) in [5.74, 6) is 6.62. The van der Waals surface area contributed by atoms with E-state index in [0.717, 1.165) is 29.5 Å². The molecule has 4 aromatic rings. The lowest BCUT2D eigenvalue weighted by Crippen LogP contribution is -2.25. The van der Waals surface area contributed by atoms with Crippen molar-refractivity contribution in [2.24, 2.45) is 5.14 Å². The normalized spacial score (nSPS) is 17.2. The number of sulfonamides is 1. The third-order valence-corrected chi connectivity index (χ3v) is 7.58. The predicted octanol–water partition coefficient (Wildman–Crippen LogP) is 5.09. The van der Waals surface area contributed by atoms with E-state index in [1.165, 1.54) is 12.1 Å². The van der Waals surface area contributed by atoms with Crippen LogP contribution in [0.3, 0.4) is 0 Å². The van der Waals surface area contributed by atoms with Crippen molar-refractivity contribution in [3.63, 3.8) is 0 Å². The van der Waals surface area contributed by atoms with Gasteiger partial charge in [0.05, 0.1) is 23.7 Å². The van der Waals surface area contributed by atoms with Crippen molar-refractivity contribution in [1.82, 2.24) is 4.98 Å². The summed E-state index contributed by atoms with van der Waals surface area (Å²) < 4.78 is 46.6. The van der Waals surface area contributed by atoms with E-state index in [1.807, 2.05) is 42.5 Å². The van der Waals surface area contributed by atoms with Crippen molar-refractivity contribution in [3.05, 3.63) is 95.9 Å². The van der Waals surface area contributed by atoms with E-state index in [2.05, 4.69) is 29.0 Å². The van der Waals surface area contributed by atoms with Gasteiger partial charge in [-0.2, -0.15) is 0 Å². The lowest BCUT2D eigenvalue weighted by molar-refractivity contribution is -0.0599. The van der Waals surface area contributed by atoms with Crippen LogP contribution in [0.5, 0.6) is 0 Å². The summed E-state index contributed by atoms with van der Waals surface area (Å²) in [4.78, 5) is 4.62. The van der Waals surface area contributed by atoms with E-state index in [1.54, 1.807) is 19.2 Å². The van der Waals surface area contributed by atoms with Crippen molar-refractivity contribution in [3.8, 4) is 34.4 Å². The smallest absolute Gasteiger partial charge is 0.274 e. The average Bonchev–Trinajstić information content (AvgIpc) is 3.41. The van der Waals surface area contributed by atoms with Gasteiger partial charge in [0.15, 0.2) is 5.76 Å². The Morgan fingerprint density at radius 1 is 1.02 bits per heavy atom. The quantitative estimate of drug-likeness (QED) is 0.237. The molecular weight excluding hydrogens is 528 g/mol. The number of oxazole rings is 1. The topological polar surface area (TPSA) is 114 Å². The van der Waals surface area contributed by atoms with Crippen molar-refractivity contribution in [2.75, 3.05) is 20.3 Å². The second-order valence-electron chi connectivity index (χ2n) is 9.41. The highest BCUT2D eigenvalue weighted by molar-refractivity contribution is 7.89. The van der Waals surface area contributed by atoms with Gasteiger partial charge in [-0.05, 0) is 47.7 Å². The number of ether oxygens (including phenoxy) is 3. The number of aromatic nitrogens is 1. The number of nitrogens with two attached hydrogens (primary N) is 1. The fourth-order valence-corrected chi connectivity index (χ4v) is 5.10. The molecule has 0 saturated carbocycles. The van der Waals surface area contributed by atoms with Gasteiger partial charge in [0.2, 0.25) is 10.0 Å². The Morgan fingerprint density at radius 2 is 1.82 bits per heavy atom. The zero-order valence-electron chi connectivity index (χ0n) is 22.1. The fourth-order valence-electron chi connectivity index (χ4n) is 4.58. The summed E-state index contributed by atoms with van der Waals surface area (Å²) in [6.45, 7) is 1.29. The van der Waals surface area contributed by atoms with Crippen molar-refractivity contribution in [1.29, 1.82) is 0 Å². The van der Waals surface area contributed by atoms with E-state index >= 15 is 0 Å². The fraction of sp³-hybridized carbons (Fsp3) is 0.258. The highest BCUT2D eigenvalue weighted by atomic mass is 32.2. The molecule has 9 heteroatoms. The summed E-state index contributed by atoms with van der Waals surface area (Å²) >= 11 is 0. The van der Waals surface area contributed by atoms with Gasteiger partial charge in [0, 0.05) is 31.3 Å². The zero-order valence-corrected chi connectivity index (χ0v) is 22.9. The number of hydrogen-bond acceptors (Lipinski definition) is 7. The number of rotatable bonds is 8. The van der Waals surface area contributed by atoms with Gasteiger partial charge in [-0.1, -0.05) is 60.5 Å². The molecule has 8 nitrogen and oxygen atoms in total. The molecule has 1 aromatic heterocycles. The van der Waals surface area contributed by atoms with E-state index < -0.39 is 10.0 Å². The molecule has 40 heavy (non-hydrogen) atoms. The molecule has 1 aliphatic heterocycles. The van der Waals surface area contributed by atoms with Crippen LogP contribution in [-0.2, 0) is 30.8 Å². The highest BCUT2D eigenvalue weighted by Crippen LogP contribution is 2.33. The number of benzene rings is 3. The summed E-state index contributed by atoms with van der Waals surface area (Å²) in [7, 11) is -2.06. The van der Waals surface area contributed by atoms with E-state index in [0.29, 0.717) is 30.2 Å². The Bertz CT molecular complexity index is 1610. The number of nitrogens with zero attached hydrogens (tertiary/aromatic N) is 1. The predicted molar refractivity (Wildman–Crippen MR) is 150 cm³/mol. The second-order valence-corrected chi connectivity index (χ2v) is 11.0. The van der Waals surface area contributed by atoms with Crippen LogP contribution in [-0.4, -0.2) is 39.8 Å². The van der Waals surface area contributed by atoms with Crippen molar-refractivity contribution >= 4 is 10.0 Å².